The molecule has 0 rings (SSSR count). The average Bonchev–Trinajstić information content (AvgIpc) is 1.79. The first kappa shape index (κ1) is 12.8. The Morgan fingerprint density at radius 1 is 1.23 bits per heavy atom. The molecule has 1 unspecified atom stereocenters. The van der Waals surface area contributed by atoms with E-state index < -0.39 is 5.60 Å². The first-order valence-electron chi connectivity index (χ1n) is 4.49. The molecule has 13 heavy (non-hydrogen) atoms. The fraction of sp³-hybridized carbons (Fsp3) is 0.900. The third-order valence-electron chi connectivity index (χ3n) is 1.82. The van der Waals surface area contributed by atoms with E-state index in [-0.39, 0.29) is 16.6 Å². The molecular formula is C10H20O2S. The first-order valence-corrected chi connectivity index (χ1v) is 4.94. The highest BCUT2D eigenvalue weighted by Crippen LogP contribution is 2.26. The van der Waals surface area contributed by atoms with Crippen molar-refractivity contribution in [1.82, 2.24) is 0 Å². The first-order chi connectivity index (χ1) is 5.54. The Bertz CT molecular complexity index is 186. The van der Waals surface area contributed by atoms with Crippen molar-refractivity contribution in [2.45, 2.75) is 51.9 Å². The molecule has 0 amide bonds. The molecule has 0 aromatic rings. The molecule has 0 aromatic carbocycles. The summed E-state index contributed by atoms with van der Waals surface area (Å²) in [5.41, 5.74) is -0.412. The van der Waals surface area contributed by atoms with E-state index in [0.717, 1.165) is 0 Å². The lowest BCUT2D eigenvalue weighted by molar-refractivity contribution is -0.160. The number of rotatable bonds is 2. The predicted molar refractivity (Wildman–Crippen MR) is 58.1 cm³/mol. The van der Waals surface area contributed by atoms with E-state index in [4.69, 9.17) is 4.74 Å². The molecule has 3 heteroatoms. The summed E-state index contributed by atoms with van der Waals surface area (Å²) >= 11 is 4.34. The fourth-order valence-corrected chi connectivity index (χ4v) is 0.784. The van der Waals surface area contributed by atoms with Crippen molar-refractivity contribution in [3.63, 3.8) is 0 Å². The number of carbonyl (C=O) groups excluding carboxylic acids is 1. The summed E-state index contributed by atoms with van der Waals surface area (Å²) in [6.07, 6.45) is 0. The van der Waals surface area contributed by atoms with Gasteiger partial charge in [0.25, 0.3) is 0 Å². The molecule has 0 radical (unpaired) electrons. The quantitative estimate of drug-likeness (QED) is 0.553. The van der Waals surface area contributed by atoms with Gasteiger partial charge in [-0.05, 0) is 20.8 Å². The van der Waals surface area contributed by atoms with Gasteiger partial charge in [-0.1, -0.05) is 20.8 Å². The van der Waals surface area contributed by atoms with Gasteiger partial charge in [0.1, 0.15) is 5.60 Å². The van der Waals surface area contributed by atoms with E-state index in [1.165, 1.54) is 0 Å². The van der Waals surface area contributed by atoms with Gasteiger partial charge in [-0.15, -0.1) is 0 Å². The maximum absolute atomic E-state index is 11.5. The van der Waals surface area contributed by atoms with Crippen molar-refractivity contribution in [2.24, 2.45) is 5.92 Å². The van der Waals surface area contributed by atoms with Crippen LogP contribution in [0.1, 0.15) is 41.5 Å². The van der Waals surface area contributed by atoms with Crippen LogP contribution in [0, 0.1) is 5.92 Å². The van der Waals surface area contributed by atoms with Crippen LogP contribution in [0.3, 0.4) is 0 Å². The zero-order valence-electron chi connectivity index (χ0n) is 9.34. The summed E-state index contributed by atoms with van der Waals surface area (Å²) in [6.45, 7) is 11.2. The van der Waals surface area contributed by atoms with Crippen LogP contribution in [0.4, 0.5) is 0 Å². The molecular weight excluding hydrogens is 184 g/mol. The highest BCUT2D eigenvalue weighted by Gasteiger charge is 2.31. The van der Waals surface area contributed by atoms with Crippen molar-refractivity contribution in [1.29, 1.82) is 0 Å². The van der Waals surface area contributed by atoms with Gasteiger partial charge in [0.2, 0.25) is 0 Å². The topological polar surface area (TPSA) is 26.3 Å². The molecule has 0 saturated carbocycles. The summed E-state index contributed by atoms with van der Waals surface area (Å²) in [7, 11) is 0. The summed E-state index contributed by atoms with van der Waals surface area (Å²) in [5, 5.41) is 0. The van der Waals surface area contributed by atoms with Gasteiger partial charge in [0, 0.05) is 4.75 Å². The Labute approximate surface area is 86.5 Å². The molecule has 1 atom stereocenters. The van der Waals surface area contributed by atoms with E-state index >= 15 is 0 Å². The van der Waals surface area contributed by atoms with E-state index in [0.29, 0.717) is 0 Å². The van der Waals surface area contributed by atoms with Crippen LogP contribution in [0.2, 0.25) is 0 Å². The predicted octanol–water partition coefficient (Wildman–Crippen LogP) is 2.67. The number of carbonyl (C=O) groups is 1. The van der Waals surface area contributed by atoms with Crippen molar-refractivity contribution in [2.75, 3.05) is 0 Å². The normalized spacial score (nSPS) is 15.3. The van der Waals surface area contributed by atoms with Gasteiger partial charge >= 0.3 is 5.97 Å². The molecule has 0 aromatic heterocycles. The van der Waals surface area contributed by atoms with Gasteiger partial charge < -0.3 is 4.74 Å². The second-order valence-corrected chi connectivity index (χ2v) is 6.06. The second-order valence-electron chi connectivity index (χ2n) is 4.91. The highest BCUT2D eigenvalue weighted by atomic mass is 32.1. The Balaban J connectivity index is 4.30. The summed E-state index contributed by atoms with van der Waals surface area (Å²) < 4.78 is 4.91. The molecule has 0 fully saturated rings. The number of thiol groups is 1. The number of ether oxygens (including phenoxy) is 1. The molecule has 0 aliphatic rings. The average molecular weight is 204 g/mol. The molecule has 0 N–H and O–H groups in total. The van der Waals surface area contributed by atoms with Crippen LogP contribution in [0.25, 0.3) is 0 Å². The van der Waals surface area contributed by atoms with Gasteiger partial charge in [0.15, 0.2) is 0 Å². The zero-order chi connectivity index (χ0) is 10.9. The Kier molecular flexibility index (Phi) is 3.85. The van der Waals surface area contributed by atoms with Crippen LogP contribution >= 0.6 is 12.6 Å². The standard InChI is InChI=1S/C10H20O2S/c1-7(10(5,6)13)8(11)12-9(2,3)4/h7,13H,1-6H3. The minimum Gasteiger partial charge on any atom is -0.460 e. The third kappa shape index (κ3) is 5.19. The van der Waals surface area contributed by atoms with Gasteiger partial charge in [-0.25, -0.2) is 0 Å². The van der Waals surface area contributed by atoms with E-state index in [1.54, 1.807) is 0 Å². The summed E-state index contributed by atoms with van der Waals surface area (Å²) in [5.74, 6) is -0.387. The van der Waals surface area contributed by atoms with E-state index in [9.17, 15) is 4.79 Å². The maximum atomic E-state index is 11.5. The lowest BCUT2D eigenvalue weighted by Gasteiger charge is -2.28. The Hall–Kier alpha value is -0.180. The summed E-state index contributed by atoms with van der Waals surface area (Å²) in [6, 6.07) is 0. The number of esters is 1. The largest absolute Gasteiger partial charge is 0.460 e. The molecule has 2 nitrogen and oxygen atoms in total. The van der Waals surface area contributed by atoms with Crippen LogP contribution < -0.4 is 0 Å². The lowest BCUT2D eigenvalue weighted by Crippen LogP contribution is -2.35. The monoisotopic (exact) mass is 204 g/mol. The zero-order valence-corrected chi connectivity index (χ0v) is 10.2. The lowest BCUT2D eigenvalue weighted by atomic mass is 9.97. The van der Waals surface area contributed by atoms with Crippen LogP contribution in [-0.2, 0) is 9.53 Å². The highest BCUT2D eigenvalue weighted by molar-refractivity contribution is 7.81. The van der Waals surface area contributed by atoms with Crippen molar-refractivity contribution < 1.29 is 9.53 Å². The molecule has 0 heterocycles. The Morgan fingerprint density at radius 3 is 1.85 bits per heavy atom. The Morgan fingerprint density at radius 2 is 1.62 bits per heavy atom. The van der Waals surface area contributed by atoms with Crippen molar-refractivity contribution in [3.05, 3.63) is 0 Å². The molecule has 0 aliphatic heterocycles. The third-order valence-corrected chi connectivity index (χ3v) is 2.21. The molecule has 0 aliphatic carbocycles. The fourth-order valence-electron chi connectivity index (χ4n) is 0.679. The van der Waals surface area contributed by atoms with Crippen molar-refractivity contribution in [3.8, 4) is 0 Å². The van der Waals surface area contributed by atoms with Gasteiger partial charge in [0.05, 0.1) is 5.92 Å². The minimum absolute atomic E-state index is 0.187. The SMILES string of the molecule is CC(C(=O)OC(C)(C)C)C(C)(C)S. The second kappa shape index (κ2) is 3.91. The number of hydrogen-bond donors (Lipinski definition) is 1. The summed E-state index contributed by atoms with van der Waals surface area (Å²) in [4.78, 5) is 11.5. The maximum Gasteiger partial charge on any atom is 0.310 e. The molecule has 78 valence electrons. The number of hydrogen-bond acceptors (Lipinski definition) is 3. The van der Waals surface area contributed by atoms with E-state index in [2.05, 4.69) is 12.6 Å². The molecule has 0 spiro atoms. The minimum atomic E-state index is -0.412. The van der Waals surface area contributed by atoms with Crippen LogP contribution in [0.15, 0.2) is 0 Å². The van der Waals surface area contributed by atoms with E-state index in [1.807, 2.05) is 41.5 Å². The van der Waals surface area contributed by atoms with Crippen molar-refractivity contribution >= 4 is 18.6 Å². The van der Waals surface area contributed by atoms with Crippen LogP contribution in [0.5, 0.6) is 0 Å². The molecule has 0 bridgehead atoms. The van der Waals surface area contributed by atoms with Gasteiger partial charge in [-0.3, -0.25) is 4.79 Å². The smallest absolute Gasteiger partial charge is 0.310 e. The van der Waals surface area contributed by atoms with Crippen LogP contribution in [-0.4, -0.2) is 16.3 Å². The van der Waals surface area contributed by atoms with Gasteiger partial charge in [-0.2, -0.15) is 12.6 Å². The molecule has 0 saturated heterocycles.